The molecule has 4 nitrogen and oxygen atoms in total. The van der Waals surface area contributed by atoms with E-state index in [4.69, 9.17) is 0 Å². The average molecular weight is 256 g/mol. The predicted molar refractivity (Wildman–Crippen MR) is 74.9 cm³/mol. The summed E-state index contributed by atoms with van der Waals surface area (Å²) in [5, 5.41) is 12.2. The highest BCUT2D eigenvalue weighted by Gasteiger charge is 2.21. The van der Waals surface area contributed by atoms with Gasteiger partial charge in [-0.05, 0) is 31.9 Å². The van der Waals surface area contributed by atoms with Crippen molar-refractivity contribution in [2.75, 3.05) is 6.54 Å². The van der Waals surface area contributed by atoms with Gasteiger partial charge in [0, 0.05) is 0 Å². The maximum absolute atomic E-state index is 4.39. The zero-order valence-electron chi connectivity index (χ0n) is 11.3. The molecule has 1 aliphatic heterocycles. The van der Waals surface area contributed by atoms with Crippen LogP contribution in [-0.4, -0.2) is 21.3 Å². The lowest BCUT2D eigenvalue weighted by molar-refractivity contribution is 0.386. The van der Waals surface area contributed by atoms with E-state index in [1.54, 1.807) is 0 Å². The second kappa shape index (κ2) is 5.53. The van der Waals surface area contributed by atoms with Crippen molar-refractivity contribution in [1.82, 2.24) is 20.1 Å². The lowest BCUT2D eigenvalue weighted by Crippen LogP contribution is -2.29. The molecule has 4 heteroatoms. The molecule has 1 atom stereocenters. The molecular formula is C15H20N4. The molecule has 1 unspecified atom stereocenters. The Morgan fingerprint density at radius 1 is 1.21 bits per heavy atom. The third kappa shape index (κ3) is 2.68. The smallest absolute Gasteiger partial charge is 0.150 e. The molecule has 0 aliphatic carbocycles. The molecule has 2 aromatic rings. The summed E-state index contributed by atoms with van der Waals surface area (Å²) in [4.78, 5) is 0. The molecule has 1 fully saturated rings. The van der Waals surface area contributed by atoms with E-state index in [0.29, 0.717) is 6.04 Å². The van der Waals surface area contributed by atoms with Crippen LogP contribution in [0.15, 0.2) is 30.3 Å². The Bertz CT molecular complexity index is 526. The largest absolute Gasteiger partial charge is 0.309 e. The van der Waals surface area contributed by atoms with Gasteiger partial charge in [-0.15, -0.1) is 10.2 Å². The van der Waals surface area contributed by atoms with E-state index in [1.165, 1.54) is 18.4 Å². The Hall–Kier alpha value is -1.68. The first-order valence-corrected chi connectivity index (χ1v) is 7.01. The molecule has 0 amide bonds. The fourth-order valence-electron chi connectivity index (χ4n) is 2.69. The zero-order valence-corrected chi connectivity index (χ0v) is 11.3. The Morgan fingerprint density at radius 3 is 2.79 bits per heavy atom. The zero-order chi connectivity index (χ0) is 13.1. The van der Waals surface area contributed by atoms with Crippen LogP contribution in [0.4, 0.5) is 0 Å². The summed E-state index contributed by atoms with van der Waals surface area (Å²) in [7, 11) is 0. The predicted octanol–water partition coefficient (Wildman–Crippen LogP) is 2.45. The molecule has 1 saturated heterocycles. The molecule has 1 aliphatic rings. The second-order valence-corrected chi connectivity index (χ2v) is 5.18. The first-order chi connectivity index (χ1) is 9.34. The Morgan fingerprint density at radius 2 is 2.05 bits per heavy atom. The number of aryl methyl sites for hydroxylation is 1. The van der Waals surface area contributed by atoms with Gasteiger partial charge in [-0.3, -0.25) is 0 Å². The van der Waals surface area contributed by atoms with Gasteiger partial charge >= 0.3 is 0 Å². The number of nitrogens with one attached hydrogen (secondary N) is 1. The van der Waals surface area contributed by atoms with Gasteiger partial charge in [0.25, 0.3) is 0 Å². The third-order valence-electron chi connectivity index (χ3n) is 3.77. The normalized spacial score (nSPS) is 19.5. The van der Waals surface area contributed by atoms with Gasteiger partial charge in [0.05, 0.1) is 12.6 Å². The summed E-state index contributed by atoms with van der Waals surface area (Å²) in [5.74, 6) is 2.08. The SMILES string of the molecule is Cc1nnc(C2CCCCN2)n1Cc1ccccc1. The van der Waals surface area contributed by atoms with Gasteiger partial charge in [-0.1, -0.05) is 36.8 Å². The van der Waals surface area contributed by atoms with E-state index >= 15 is 0 Å². The van der Waals surface area contributed by atoms with Crippen LogP contribution in [0.2, 0.25) is 0 Å². The van der Waals surface area contributed by atoms with Gasteiger partial charge in [-0.25, -0.2) is 0 Å². The van der Waals surface area contributed by atoms with E-state index in [1.807, 2.05) is 13.0 Å². The minimum Gasteiger partial charge on any atom is -0.309 e. The highest BCUT2D eigenvalue weighted by Crippen LogP contribution is 2.22. The Balaban J connectivity index is 1.86. The standard InChI is InChI=1S/C15H20N4/c1-12-17-18-15(14-9-5-6-10-16-14)19(12)11-13-7-3-2-4-8-13/h2-4,7-8,14,16H,5-6,9-11H2,1H3. The molecule has 2 heterocycles. The lowest BCUT2D eigenvalue weighted by atomic mass is 10.0. The maximum atomic E-state index is 4.39. The van der Waals surface area contributed by atoms with Crippen LogP contribution in [0.25, 0.3) is 0 Å². The lowest BCUT2D eigenvalue weighted by Gasteiger charge is -2.23. The summed E-state index contributed by atoms with van der Waals surface area (Å²) < 4.78 is 2.23. The van der Waals surface area contributed by atoms with Crippen LogP contribution in [-0.2, 0) is 6.54 Å². The van der Waals surface area contributed by atoms with Crippen LogP contribution in [0.5, 0.6) is 0 Å². The highest BCUT2D eigenvalue weighted by molar-refractivity contribution is 5.16. The van der Waals surface area contributed by atoms with Crippen molar-refractivity contribution in [3.05, 3.63) is 47.5 Å². The number of benzene rings is 1. The van der Waals surface area contributed by atoms with Crippen molar-refractivity contribution >= 4 is 0 Å². The Kier molecular flexibility index (Phi) is 3.60. The van der Waals surface area contributed by atoms with E-state index in [-0.39, 0.29) is 0 Å². The number of piperidine rings is 1. The summed E-state index contributed by atoms with van der Waals surface area (Å²) >= 11 is 0. The van der Waals surface area contributed by atoms with Crippen molar-refractivity contribution in [3.8, 4) is 0 Å². The van der Waals surface area contributed by atoms with Gasteiger partial charge in [-0.2, -0.15) is 0 Å². The summed E-state index contributed by atoms with van der Waals surface area (Å²) in [6.07, 6.45) is 3.70. The molecule has 0 saturated carbocycles. The minimum atomic E-state index is 0.360. The number of aromatic nitrogens is 3. The number of hydrogen-bond donors (Lipinski definition) is 1. The Labute approximate surface area is 113 Å². The molecular weight excluding hydrogens is 236 g/mol. The molecule has 100 valence electrons. The van der Waals surface area contributed by atoms with Crippen molar-refractivity contribution in [2.24, 2.45) is 0 Å². The van der Waals surface area contributed by atoms with Crippen LogP contribution in [0.1, 0.15) is 42.5 Å². The van der Waals surface area contributed by atoms with Crippen LogP contribution >= 0.6 is 0 Å². The topological polar surface area (TPSA) is 42.7 Å². The van der Waals surface area contributed by atoms with E-state index < -0.39 is 0 Å². The van der Waals surface area contributed by atoms with Gasteiger partial charge in [0.15, 0.2) is 5.82 Å². The quantitative estimate of drug-likeness (QED) is 0.917. The molecule has 0 bridgehead atoms. The van der Waals surface area contributed by atoms with E-state index in [0.717, 1.165) is 31.2 Å². The van der Waals surface area contributed by atoms with Gasteiger partial charge in [0.2, 0.25) is 0 Å². The molecule has 1 aromatic carbocycles. The fourth-order valence-corrected chi connectivity index (χ4v) is 2.69. The monoisotopic (exact) mass is 256 g/mol. The number of rotatable bonds is 3. The van der Waals surface area contributed by atoms with Crippen molar-refractivity contribution < 1.29 is 0 Å². The van der Waals surface area contributed by atoms with Crippen LogP contribution < -0.4 is 5.32 Å². The first kappa shape index (κ1) is 12.4. The molecule has 19 heavy (non-hydrogen) atoms. The molecule has 0 spiro atoms. The second-order valence-electron chi connectivity index (χ2n) is 5.18. The van der Waals surface area contributed by atoms with Crippen LogP contribution in [0, 0.1) is 6.92 Å². The van der Waals surface area contributed by atoms with Crippen LogP contribution in [0.3, 0.4) is 0 Å². The first-order valence-electron chi connectivity index (χ1n) is 7.01. The van der Waals surface area contributed by atoms with Gasteiger partial charge < -0.3 is 9.88 Å². The van der Waals surface area contributed by atoms with E-state index in [9.17, 15) is 0 Å². The highest BCUT2D eigenvalue weighted by atomic mass is 15.3. The van der Waals surface area contributed by atoms with Crippen molar-refractivity contribution in [3.63, 3.8) is 0 Å². The molecule has 1 aromatic heterocycles. The number of hydrogen-bond acceptors (Lipinski definition) is 3. The molecule has 1 N–H and O–H groups in total. The third-order valence-corrected chi connectivity index (χ3v) is 3.77. The average Bonchev–Trinajstić information content (AvgIpc) is 2.82. The maximum Gasteiger partial charge on any atom is 0.150 e. The number of nitrogens with zero attached hydrogens (tertiary/aromatic N) is 3. The van der Waals surface area contributed by atoms with Crippen molar-refractivity contribution in [1.29, 1.82) is 0 Å². The summed E-state index contributed by atoms with van der Waals surface area (Å²) in [6, 6.07) is 10.9. The fraction of sp³-hybridized carbons (Fsp3) is 0.467. The van der Waals surface area contributed by atoms with Gasteiger partial charge in [0.1, 0.15) is 5.82 Å². The van der Waals surface area contributed by atoms with Crippen molar-refractivity contribution in [2.45, 2.75) is 38.8 Å². The molecule has 0 radical (unpaired) electrons. The van der Waals surface area contributed by atoms with E-state index in [2.05, 4.69) is 44.3 Å². The molecule has 3 rings (SSSR count). The summed E-state index contributed by atoms with van der Waals surface area (Å²) in [5.41, 5.74) is 1.29. The minimum absolute atomic E-state index is 0.360. The summed E-state index contributed by atoms with van der Waals surface area (Å²) in [6.45, 7) is 3.97.